The first-order valence-electron chi connectivity index (χ1n) is 13.8. The highest BCUT2D eigenvalue weighted by Gasteiger charge is 2.46. The Morgan fingerprint density at radius 1 is 0.943 bits per heavy atom. The molecule has 4 atom stereocenters. The fourth-order valence-corrected chi connectivity index (χ4v) is 6.93. The van der Waals surface area contributed by atoms with Crippen LogP contribution in [0, 0.1) is 35.4 Å². The zero-order chi connectivity index (χ0) is 24.7. The van der Waals surface area contributed by atoms with E-state index < -0.39 is 17.8 Å². The molecule has 4 fully saturated rings. The number of likely N-dealkylation sites (tertiary alicyclic amines) is 1. The quantitative estimate of drug-likeness (QED) is 0.589. The van der Waals surface area contributed by atoms with Crippen LogP contribution in [-0.4, -0.2) is 41.6 Å². The first kappa shape index (κ1) is 24.5. The van der Waals surface area contributed by atoms with Gasteiger partial charge in [0.2, 0.25) is 5.91 Å². The number of amides is 2. The highest BCUT2D eigenvalue weighted by atomic mass is 19.1. The molecule has 1 unspecified atom stereocenters. The van der Waals surface area contributed by atoms with Gasteiger partial charge in [0, 0.05) is 24.9 Å². The van der Waals surface area contributed by atoms with Crippen molar-refractivity contribution in [2.75, 3.05) is 13.1 Å². The third kappa shape index (κ3) is 5.03. The number of halogens is 1. The minimum atomic E-state index is -0.550. The smallest absolute Gasteiger partial charge is 0.254 e. The number of carbonyl (C=O) groups excluding carboxylic acids is 3. The highest BCUT2D eigenvalue weighted by Crippen LogP contribution is 2.49. The van der Waals surface area contributed by atoms with Gasteiger partial charge in [-0.25, -0.2) is 4.39 Å². The highest BCUT2D eigenvalue weighted by molar-refractivity contribution is 5.98. The first-order valence-corrected chi connectivity index (χ1v) is 13.8. The number of carbonyl (C=O) groups is 3. The second-order valence-corrected chi connectivity index (χ2v) is 11.8. The molecule has 6 heteroatoms. The van der Waals surface area contributed by atoms with E-state index in [1.54, 1.807) is 6.07 Å². The number of fused-ring (bicyclic) bond motifs is 2. The lowest BCUT2D eigenvalue weighted by molar-refractivity contribution is -0.135. The van der Waals surface area contributed by atoms with E-state index in [0.717, 1.165) is 70.0 Å². The van der Waals surface area contributed by atoms with Gasteiger partial charge in [-0.2, -0.15) is 0 Å². The van der Waals surface area contributed by atoms with Gasteiger partial charge in [-0.05, 0) is 79.9 Å². The van der Waals surface area contributed by atoms with Crippen LogP contribution >= 0.6 is 0 Å². The molecule has 3 aliphatic carbocycles. The Hall–Kier alpha value is -2.24. The van der Waals surface area contributed by atoms with Gasteiger partial charge < -0.3 is 10.2 Å². The van der Waals surface area contributed by atoms with Gasteiger partial charge in [0.25, 0.3) is 5.91 Å². The normalized spacial score (nSPS) is 27.7. The van der Waals surface area contributed by atoms with Gasteiger partial charge >= 0.3 is 0 Å². The average Bonchev–Trinajstić information content (AvgIpc) is 3.67. The largest absolute Gasteiger partial charge is 0.342 e. The molecule has 1 N–H and O–H groups in total. The Kier molecular flexibility index (Phi) is 7.00. The Bertz CT molecular complexity index is 968. The third-order valence-electron chi connectivity index (χ3n) is 8.98. The predicted molar refractivity (Wildman–Crippen MR) is 132 cm³/mol. The summed E-state index contributed by atoms with van der Waals surface area (Å²) in [6.07, 6.45) is 9.32. The summed E-state index contributed by atoms with van der Waals surface area (Å²) in [6, 6.07) is 4.47. The zero-order valence-electron chi connectivity index (χ0n) is 21.1. The van der Waals surface area contributed by atoms with Gasteiger partial charge in [-0.3, -0.25) is 14.4 Å². The first-order chi connectivity index (χ1) is 16.8. The molecule has 190 valence electrons. The standard InChI is InChI=1S/C29H39FN2O3/c1-17(2)27(33)26(18-6-4-3-5-7-18)31-28(34)23-13-12-20(14-24(23)30)25-21-10-11-22(25)16-32(15-21)29(35)19-8-9-19/h12-14,17-19,21-22,25-26H,3-11,15-16H2,1-2H3,(H,31,34)/t21-,22+,25?,26-/m1/s1. The van der Waals surface area contributed by atoms with E-state index in [1.165, 1.54) is 12.5 Å². The van der Waals surface area contributed by atoms with E-state index in [0.29, 0.717) is 17.7 Å². The van der Waals surface area contributed by atoms with Crippen molar-refractivity contribution >= 4 is 17.6 Å². The van der Waals surface area contributed by atoms with E-state index >= 15 is 4.39 Å². The summed E-state index contributed by atoms with van der Waals surface area (Å²) in [5.74, 6) is 0.468. The van der Waals surface area contributed by atoms with E-state index in [4.69, 9.17) is 0 Å². The molecular formula is C29H39FN2O3. The summed E-state index contributed by atoms with van der Waals surface area (Å²) >= 11 is 0. The molecule has 4 aliphatic rings. The Morgan fingerprint density at radius 2 is 1.60 bits per heavy atom. The molecule has 5 rings (SSSR count). The molecule has 2 amide bonds. The number of nitrogens with zero attached hydrogens (tertiary/aromatic N) is 1. The Balaban J connectivity index is 1.29. The molecule has 1 heterocycles. The van der Waals surface area contributed by atoms with E-state index in [-0.39, 0.29) is 35.0 Å². The number of Topliss-reactive ketones (excluding diaryl/α,β-unsaturated/α-hetero) is 1. The molecule has 35 heavy (non-hydrogen) atoms. The van der Waals surface area contributed by atoms with Crippen molar-refractivity contribution in [3.05, 3.63) is 35.1 Å². The number of benzene rings is 1. The van der Waals surface area contributed by atoms with Crippen molar-refractivity contribution < 1.29 is 18.8 Å². The van der Waals surface area contributed by atoms with E-state index in [2.05, 4.69) is 5.32 Å². The summed E-state index contributed by atoms with van der Waals surface area (Å²) in [6.45, 7) is 5.25. The monoisotopic (exact) mass is 482 g/mol. The van der Waals surface area contributed by atoms with Gasteiger partial charge in [0.05, 0.1) is 11.6 Å². The topological polar surface area (TPSA) is 66.5 Å². The molecule has 1 aliphatic heterocycles. The number of ketones is 1. The van der Waals surface area contributed by atoms with Crippen LogP contribution in [0.25, 0.3) is 0 Å². The van der Waals surface area contributed by atoms with Crippen molar-refractivity contribution in [1.29, 1.82) is 0 Å². The summed E-state index contributed by atoms with van der Waals surface area (Å²) in [5, 5.41) is 2.92. The molecule has 3 saturated carbocycles. The third-order valence-corrected chi connectivity index (χ3v) is 8.98. The van der Waals surface area contributed by atoms with Crippen molar-refractivity contribution in [3.63, 3.8) is 0 Å². The van der Waals surface area contributed by atoms with Crippen molar-refractivity contribution in [3.8, 4) is 0 Å². The number of hydrogen-bond acceptors (Lipinski definition) is 3. The molecule has 1 aromatic carbocycles. The van der Waals surface area contributed by atoms with Crippen LogP contribution in [0.1, 0.15) is 93.5 Å². The van der Waals surface area contributed by atoms with Crippen LogP contribution in [-0.2, 0) is 9.59 Å². The van der Waals surface area contributed by atoms with Crippen molar-refractivity contribution in [2.24, 2.45) is 29.6 Å². The van der Waals surface area contributed by atoms with Crippen LogP contribution in [0.4, 0.5) is 4.39 Å². The number of nitrogens with one attached hydrogen (secondary N) is 1. The zero-order valence-corrected chi connectivity index (χ0v) is 21.1. The maximum Gasteiger partial charge on any atom is 0.254 e. The van der Waals surface area contributed by atoms with Gasteiger partial charge in [0.1, 0.15) is 5.82 Å². The Labute approximate surface area is 208 Å². The summed E-state index contributed by atoms with van der Waals surface area (Å²) in [7, 11) is 0. The SMILES string of the molecule is CC(C)C(=O)[C@H](NC(=O)c1ccc(C2[C@@H]3CC[C@H]2CN(C(=O)C2CC2)C3)cc1F)C1CCCCC1. The minimum absolute atomic E-state index is 0.0137. The van der Waals surface area contributed by atoms with Crippen LogP contribution in [0.15, 0.2) is 18.2 Å². The number of hydrogen-bond donors (Lipinski definition) is 1. The summed E-state index contributed by atoms with van der Waals surface area (Å²) < 4.78 is 15.3. The molecule has 0 spiro atoms. The number of piperidine rings is 1. The molecule has 1 aromatic rings. The minimum Gasteiger partial charge on any atom is -0.342 e. The van der Waals surface area contributed by atoms with Gasteiger partial charge in [-0.15, -0.1) is 0 Å². The number of rotatable bonds is 7. The van der Waals surface area contributed by atoms with E-state index in [1.807, 2.05) is 24.8 Å². The van der Waals surface area contributed by atoms with Crippen LogP contribution in [0.5, 0.6) is 0 Å². The average molecular weight is 483 g/mol. The van der Waals surface area contributed by atoms with Gasteiger partial charge in [-0.1, -0.05) is 39.2 Å². The van der Waals surface area contributed by atoms with E-state index in [9.17, 15) is 14.4 Å². The molecule has 1 saturated heterocycles. The second-order valence-electron chi connectivity index (χ2n) is 11.8. The maximum absolute atomic E-state index is 15.3. The Morgan fingerprint density at radius 3 is 2.17 bits per heavy atom. The van der Waals surface area contributed by atoms with Gasteiger partial charge in [0.15, 0.2) is 5.78 Å². The summed E-state index contributed by atoms with van der Waals surface area (Å²) in [5.41, 5.74) is 0.951. The summed E-state index contributed by atoms with van der Waals surface area (Å²) in [4.78, 5) is 40.7. The van der Waals surface area contributed by atoms with Crippen molar-refractivity contribution in [1.82, 2.24) is 10.2 Å². The van der Waals surface area contributed by atoms with Crippen LogP contribution in [0.2, 0.25) is 0 Å². The predicted octanol–water partition coefficient (Wildman–Crippen LogP) is 5.09. The van der Waals surface area contributed by atoms with Crippen LogP contribution < -0.4 is 5.32 Å². The fourth-order valence-electron chi connectivity index (χ4n) is 6.93. The second kappa shape index (κ2) is 10.0. The molecular weight excluding hydrogens is 443 g/mol. The fraction of sp³-hybridized carbons (Fsp3) is 0.690. The van der Waals surface area contributed by atoms with Crippen molar-refractivity contribution in [2.45, 2.75) is 83.6 Å². The maximum atomic E-state index is 15.3. The lowest BCUT2D eigenvalue weighted by atomic mass is 9.79. The lowest BCUT2D eigenvalue weighted by Gasteiger charge is -2.38. The molecule has 0 aromatic heterocycles. The lowest BCUT2D eigenvalue weighted by Crippen LogP contribution is -2.48. The molecule has 2 bridgehead atoms. The van der Waals surface area contributed by atoms with Crippen LogP contribution in [0.3, 0.4) is 0 Å². The molecule has 0 radical (unpaired) electrons. The molecule has 5 nitrogen and oxygen atoms in total.